The van der Waals surface area contributed by atoms with E-state index in [4.69, 9.17) is 4.42 Å². The third kappa shape index (κ3) is 2.60. The highest BCUT2D eigenvalue weighted by Crippen LogP contribution is 2.21. The summed E-state index contributed by atoms with van der Waals surface area (Å²) in [5.41, 5.74) is 0.873. The molecule has 0 radical (unpaired) electrons. The van der Waals surface area contributed by atoms with Gasteiger partial charge in [0.05, 0.1) is 12.0 Å². The van der Waals surface area contributed by atoms with Crippen LogP contribution in [0.15, 0.2) is 53.5 Å². The monoisotopic (exact) mass is 269 g/mol. The minimum Gasteiger partial charge on any atom is -0.467 e. The quantitative estimate of drug-likeness (QED) is 0.763. The molecule has 1 atom stereocenters. The third-order valence-electron chi connectivity index (χ3n) is 3.06. The van der Waals surface area contributed by atoms with Crippen LogP contribution in [-0.4, -0.2) is 19.7 Å². The summed E-state index contributed by atoms with van der Waals surface area (Å²) in [5.74, 6) is 1.71. The van der Waals surface area contributed by atoms with E-state index in [2.05, 4.69) is 20.5 Å². The lowest BCUT2D eigenvalue weighted by atomic mass is 10.2. The molecule has 0 aliphatic rings. The Hall–Kier alpha value is -2.47. The number of imidazole rings is 1. The van der Waals surface area contributed by atoms with Crippen molar-refractivity contribution in [3.8, 4) is 0 Å². The first-order valence-corrected chi connectivity index (χ1v) is 6.35. The second-order valence-corrected chi connectivity index (χ2v) is 4.44. The molecule has 3 aromatic heterocycles. The zero-order chi connectivity index (χ0) is 13.8. The number of aromatic nitrogens is 4. The van der Waals surface area contributed by atoms with E-state index in [1.54, 1.807) is 18.7 Å². The molecule has 6 heteroatoms. The van der Waals surface area contributed by atoms with Crippen molar-refractivity contribution in [2.24, 2.45) is 7.05 Å². The van der Waals surface area contributed by atoms with Crippen LogP contribution in [0.1, 0.15) is 23.3 Å². The normalized spacial score (nSPS) is 12.4. The first-order chi connectivity index (χ1) is 9.84. The van der Waals surface area contributed by atoms with E-state index in [1.807, 2.05) is 42.1 Å². The van der Waals surface area contributed by atoms with E-state index >= 15 is 0 Å². The highest BCUT2D eigenvalue weighted by atomic mass is 16.3. The average molecular weight is 269 g/mol. The maximum atomic E-state index is 5.51. The van der Waals surface area contributed by atoms with Gasteiger partial charge in [0, 0.05) is 32.2 Å². The molecule has 0 aromatic carbocycles. The molecular weight excluding hydrogens is 254 g/mol. The second-order valence-electron chi connectivity index (χ2n) is 4.44. The Bertz CT molecular complexity index is 647. The van der Waals surface area contributed by atoms with Crippen LogP contribution in [0.3, 0.4) is 0 Å². The summed E-state index contributed by atoms with van der Waals surface area (Å²) in [6.07, 6.45) is 7.01. The van der Waals surface area contributed by atoms with Crippen LogP contribution in [0.2, 0.25) is 0 Å². The number of aryl methyl sites for hydroxylation is 1. The molecule has 0 saturated heterocycles. The fourth-order valence-electron chi connectivity index (χ4n) is 2.06. The Balaban J connectivity index is 1.82. The molecular formula is C14H15N5O. The van der Waals surface area contributed by atoms with Crippen molar-refractivity contribution in [2.75, 3.05) is 0 Å². The molecule has 3 heterocycles. The van der Waals surface area contributed by atoms with Crippen molar-refractivity contribution in [1.29, 1.82) is 0 Å². The highest BCUT2D eigenvalue weighted by Gasteiger charge is 2.20. The van der Waals surface area contributed by atoms with Crippen LogP contribution in [-0.2, 0) is 13.6 Å². The molecule has 20 heavy (non-hydrogen) atoms. The zero-order valence-electron chi connectivity index (χ0n) is 11.1. The maximum Gasteiger partial charge on any atom is 0.133 e. The predicted octanol–water partition coefficient (Wildman–Crippen LogP) is 1.68. The summed E-state index contributed by atoms with van der Waals surface area (Å²) in [5, 5.41) is 11.3. The minimum absolute atomic E-state index is 0.119. The van der Waals surface area contributed by atoms with E-state index in [0.717, 1.165) is 17.3 Å². The van der Waals surface area contributed by atoms with Crippen LogP contribution in [0, 0.1) is 0 Å². The molecule has 0 saturated carbocycles. The standard InChI is InChI=1S/C14H15N5O/c1-19-8-7-15-14(19)13(12-5-3-9-20-12)16-10-11-4-2-6-17-18-11/h2-9,13,16H,10H2,1H3. The minimum atomic E-state index is -0.119. The van der Waals surface area contributed by atoms with Crippen LogP contribution in [0.5, 0.6) is 0 Å². The van der Waals surface area contributed by atoms with Gasteiger partial charge in [0.15, 0.2) is 0 Å². The molecule has 6 nitrogen and oxygen atoms in total. The number of nitrogens with zero attached hydrogens (tertiary/aromatic N) is 4. The second kappa shape index (κ2) is 5.66. The van der Waals surface area contributed by atoms with E-state index < -0.39 is 0 Å². The number of rotatable bonds is 5. The van der Waals surface area contributed by atoms with Crippen LogP contribution >= 0.6 is 0 Å². The van der Waals surface area contributed by atoms with Crippen molar-refractivity contribution >= 4 is 0 Å². The predicted molar refractivity (Wildman–Crippen MR) is 72.6 cm³/mol. The van der Waals surface area contributed by atoms with E-state index in [0.29, 0.717) is 6.54 Å². The molecule has 0 aliphatic carbocycles. The van der Waals surface area contributed by atoms with Crippen molar-refractivity contribution in [3.05, 3.63) is 66.4 Å². The first-order valence-electron chi connectivity index (χ1n) is 6.35. The molecule has 0 spiro atoms. The van der Waals surface area contributed by atoms with Gasteiger partial charge in [-0.25, -0.2) is 4.98 Å². The fraction of sp³-hybridized carbons (Fsp3) is 0.214. The van der Waals surface area contributed by atoms with Gasteiger partial charge in [-0.1, -0.05) is 0 Å². The lowest BCUT2D eigenvalue weighted by Crippen LogP contribution is -2.24. The largest absolute Gasteiger partial charge is 0.467 e. The van der Waals surface area contributed by atoms with Crippen molar-refractivity contribution in [1.82, 2.24) is 25.1 Å². The highest BCUT2D eigenvalue weighted by molar-refractivity contribution is 5.16. The van der Waals surface area contributed by atoms with Gasteiger partial charge in [0.1, 0.15) is 17.6 Å². The Labute approximate surface area is 116 Å². The van der Waals surface area contributed by atoms with Gasteiger partial charge in [0.25, 0.3) is 0 Å². The van der Waals surface area contributed by atoms with Gasteiger partial charge in [-0.3, -0.25) is 5.32 Å². The van der Waals surface area contributed by atoms with Crippen molar-refractivity contribution < 1.29 is 4.42 Å². The summed E-state index contributed by atoms with van der Waals surface area (Å²) < 4.78 is 7.48. The molecule has 102 valence electrons. The summed E-state index contributed by atoms with van der Waals surface area (Å²) >= 11 is 0. The van der Waals surface area contributed by atoms with Gasteiger partial charge >= 0.3 is 0 Å². The number of nitrogens with one attached hydrogen (secondary N) is 1. The Morgan fingerprint density at radius 2 is 2.25 bits per heavy atom. The van der Waals surface area contributed by atoms with E-state index in [1.165, 1.54) is 0 Å². The average Bonchev–Trinajstić information content (AvgIpc) is 3.13. The molecule has 0 fully saturated rings. The lowest BCUT2D eigenvalue weighted by Gasteiger charge is -2.16. The SMILES string of the molecule is Cn1ccnc1C(NCc1cccnn1)c1ccco1. The molecule has 1 unspecified atom stereocenters. The van der Waals surface area contributed by atoms with Gasteiger partial charge in [-0.15, -0.1) is 0 Å². The molecule has 3 rings (SSSR count). The van der Waals surface area contributed by atoms with Gasteiger partial charge in [0.2, 0.25) is 0 Å². The fourth-order valence-corrected chi connectivity index (χ4v) is 2.06. The molecule has 0 amide bonds. The smallest absolute Gasteiger partial charge is 0.133 e. The maximum absolute atomic E-state index is 5.51. The van der Waals surface area contributed by atoms with E-state index in [9.17, 15) is 0 Å². The van der Waals surface area contributed by atoms with Crippen molar-refractivity contribution in [2.45, 2.75) is 12.6 Å². The molecule has 0 aliphatic heterocycles. The van der Waals surface area contributed by atoms with Gasteiger partial charge < -0.3 is 8.98 Å². The van der Waals surface area contributed by atoms with Crippen LogP contribution < -0.4 is 5.32 Å². The Kier molecular flexibility index (Phi) is 3.56. The zero-order valence-corrected chi connectivity index (χ0v) is 11.1. The Morgan fingerprint density at radius 1 is 1.30 bits per heavy atom. The van der Waals surface area contributed by atoms with E-state index in [-0.39, 0.29) is 6.04 Å². The molecule has 1 N–H and O–H groups in total. The number of furan rings is 1. The van der Waals surface area contributed by atoms with Crippen LogP contribution in [0.4, 0.5) is 0 Å². The van der Waals surface area contributed by atoms with Crippen molar-refractivity contribution in [3.63, 3.8) is 0 Å². The topological polar surface area (TPSA) is 68.8 Å². The summed E-state index contributed by atoms with van der Waals surface area (Å²) in [6.45, 7) is 0.589. The number of hydrogen-bond acceptors (Lipinski definition) is 5. The molecule has 0 bridgehead atoms. The van der Waals surface area contributed by atoms with Gasteiger partial charge in [-0.2, -0.15) is 10.2 Å². The molecule has 3 aromatic rings. The van der Waals surface area contributed by atoms with Gasteiger partial charge in [-0.05, 0) is 24.3 Å². The summed E-state index contributed by atoms with van der Waals surface area (Å²) in [7, 11) is 1.96. The summed E-state index contributed by atoms with van der Waals surface area (Å²) in [6, 6.07) is 7.48. The van der Waals surface area contributed by atoms with Crippen LogP contribution in [0.25, 0.3) is 0 Å². The first kappa shape index (κ1) is 12.6. The number of hydrogen-bond donors (Lipinski definition) is 1. The summed E-state index contributed by atoms with van der Waals surface area (Å²) in [4.78, 5) is 4.39. The lowest BCUT2D eigenvalue weighted by molar-refractivity contribution is 0.427. The third-order valence-corrected chi connectivity index (χ3v) is 3.06. The Morgan fingerprint density at radius 3 is 2.90 bits per heavy atom.